The predicted molar refractivity (Wildman–Crippen MR) is 642 cm³/mol. The van der Waals surface area contributed by atoms with Crippen molar-refractivity contribution in [2.24, 2.45) is 0 Å². The van der Waals surface area contributed by atoms with Crippen LogP contribution in [0.25, 0.3) is 165 Å². The number of para-hydroxylation sites is 6. The molecule has 150 heavy (non-hydrogen) atoms. The number of fused-ring (bicyclic) bond motifs is 63. The SMILES string of the molecule is c1ccc2c(c1)B1c3cc4ccccc4cc3-c3ccccc3N1c1ccccc1-2.c1ccc2c(c1)B1c3ccccc3-c3cc4ccccc4cc3N1c1ccccc1-2.c1ccc2c(c1)B1c3ccccc3-c3ccc4ccccc4c3N1c1c-2ccc2ccccc12.c1ccc2c(c1)B1c3ccccc3-c3ccc4ccccc4c3N1c1ccccc1-2.c1ccc2c(c1)B1c3ccccc3-c3ccccc3N1c1ccccc1-2. The van der Waals surface area contributed by atoms with E-state index in [-0.39, 0.29) is 34.2 Å². The van der Waals surface area contributed by atoms with Crippen molar-refractivity contribution in [2.45, 2.75) is 0 Å². The number of benzene rings is 25. The first kappa shape index (κ1) is 85.5. The Morgan fingerprint density at radius 3 is 0.593 bits per heavy atom. The Morgan fingerprint density at radius 2 is 0.287 bits per heavy atom. The molecule has 0 aromatic heterocycles. The summed E-state index contributed by atoms with van der Waals surface area (Å²) in [6.45, 7) is 0.869. The van der Waals surface area contributed by atoms with E-state index in [1.165, 1.54) is 277 Å². The molecule has 0 fully saturated rings. The molecule has 0 spiro atoms. The molecule has 0 unspecified atom stereocenters. The topological polar surface area (TPSA) is 16.2 Å². The maximum atomic E-state index is 2.64. The summed E-state index contributed by atoms with van der Waals surface area (Å²) < 4.78 is 0. The molecule has 0 radical (unpaired) electrons. The van der Waals surface area contributed by atoms with E-state index in [9.17, 15) is 0 Å². The molecule has 10 heterocycles. The third kappa shape index (κ3) is 13.0. The van der Waals surface area contributed by atoms with Crippen molar-refractivity contribution in [2.75, 3.05) is 24.1 Å². The van der Waals surface area contributed by atoms with Gasteiger partial charge in [-0.05, 0) is 203 Å². The molecule has 0 saturated heterocycles. The van der Waals surface area contributed by atoms with Gasteiger partial charge in [0, 0.05) is 129 Å². The van der Waals surface area contributed by atoms with Gasteiger partial charge >= 0.3 is 34.2 Å². The Hall–Kier alpha value is -18.9. The quantitative estimate of drug-likeness (QED) is 0.140. The number of rotatable bonds is 0. The molecule has 10 aliphatic heterocycles. The summed E-state index contributed by atoms with van der Waals surface area (Å²) in [6.07, 6.45) is 0. The minimum absolute atomic E-state index is 0.129. The maximum Gasteiger partial charge on any atom is 0.329 e. The first-order valence-corrected chi connectivity index (χ1v) is 52.5. The highest BCUT2D eigenvalue weighted by atomic mass is 15.1. The summed E-state index contributed by atoms with van der Waals surface area (Å²) in [7, 11) is 0. The van der Waals surface area contributed by atoms with E-state index in [2.05, 4.69) is 570 Å². The second kappa shape index (κ2) is 34.4. The Balaban J connectivity index is 0.0000000846. The Morgan fingerprint density at radius 1 is 0.100 bits per heavy atom. The predicted octanol–water partition coefficient (Wildman–Crippen LogP) is 28.7. The third-order valence-corrected chi connectivity index (χ3v) is 33.2. The highest BCUT2D eigenvalue weighted by Gasteiger charge is 2.49. The van der Waals surface area contributed by atoms with E-state index in [0.717, 1.165) is 0 Å². The van der Waals surface area contributed by atoms with Gasteiger partial charge in [-0.1, -0.05) is 491 Å². The second-order valence-electron chi connectivity index (χ2n) is 40.8. The number of hydrogen-bond acceptors (Lipinski definition) is 5. The molecule has 10 aliphatic rings. The lowest BCUT2D eigenvalue weighted by Gasteiger charge is -2.44. The molecule has 690 valence electrons. The number of nitrogens with zero attached hydrogens (tertiary/aromatic N) is 5. The molecule has 5 nitrogen and oxygen atoms in total. The Kier molecular flexibility index (Phi) is 19.6. The summed E-state index contributed by atoms with van der Waals surface area (Å²) >= 11 is 0. The zero-order valence-corrected chi connectivity index (χ0v) is 82.1. The van der Waals surface area contributed by atoms with Crippen LogP contribution in [0.1, 0.15) is 0 Å². The van der Waals surface area contributed by atoms with Crippen LogP contribution >= 0.6 is 0 Å². The fraction of sp³-hybridized carbons (Fsp3) is 0. The van der Waals surface area contributed by atoms with E-state index in [1.807, 2.05) is 0 Å². The van der Waals surface area contributed by atoms with Crippen LogP contribution in [0, 0.1) is 0 Å². The van der Waals surface area contributed by atoms with Gasteiger partial charge in [0.2, 0.25) is 0 Å². The molecule has 0 bridgehead atoms. The number of hydrogen-bond donors (Lipinski definition) is 0. The number of anilines is 10. The van der Waals surface area contributed by atoms with Gasteiger partial charge in [0.05, 0.1) is 0 Å². The van der Waals surface area contributed by atoms with Crippen molar-refractivity contribution in [3.05, 3.63) is 546 Å². The smallest absolute Gasteiger partial charge is 0.329 e. The van der Waals surface area contributed by atoms with Crippen LogP contribution in [-0.4, -0.2) is 34.2 Å². The first-order valence-electron chi connectivity index (χ1n) is 52.5. The minimum atomic E-state index is 0.129. The fourth-order valence-electron chi connectivity index (χ4n) is 27.1. The van der Waals surface area contributed by atoms with Gasteiger partial charge in [0.25, 0.3) is 0 Å². The summed E-state index contributed by atoms with van der Waals surface area (Å²) in [6, 6.07) is 200. The van der Waals surface area contributed by atoms with E-state index in [4.69, 9.17) is 0 Å². The van der Waals surface area contributed by atoms with Crippen molar-refractivity contribution in [3.8, 4) is 111 Å². The van der Waals surface area contributed by atoms with Gasteiger partial charge in [-0.2, -0.15) is 0 Å². The maximum absolute atomic E-state index is 2.64. The first-order chi connectivity index (χ1) is 74.5. The second-order valence-corrected chi connectivity index (χ2v) is 40.8. The van der Waals surface area contributed by atoms with Crippen LogP contribution < -0.4 is 78.7 Å². The van der Waals surface area contributed by atoms with E-state index in [1.54, 1.807) is 0 Å². The highest BCUT2D eigenvalue weighted by Crippen LogP contribution is 2.56. The van der Waals surface area contributed by atoms with E-state index < -0.39 is 0 Å². The Labute approximate surface area is 874 Å². The van der Waals surface area contributed by atoms with Gasteiger partial charge in [-0.25, -0.2) is 0 Å². The summed E-state index contributed by atoms with van der Waals surface area (Å²) in [4.78, 5) is 12.8. The van der Waals surface area contributed by atoms with Gasteiger partial charge in [0.1, 0.15) is 0 Å². The zero-order chi connectivity index (χ0) is 98.3. The summed E-state index contributed by atoms with van der Waals surface area (Å²) in [5.74, 6) is 0. The van der Waals surface area contributed by atoms with Crippen LogP contribution in [0.4, 0.5) is 56.9 Å². The van der Waals surface area contributed by atoms with Crippen LogP contribution in [0.3, 0.4) is 0 Å². The standard InChI is InChI=1S/C32H20BN.3C28H18BN.C24H16BN/c1-3-11-23-21(9-1)17-19-27-25-13-5-7-15-29(25)33-30-16-8-6-14-26(30)28-20-18-22-10-2-4-12-24(22)32(28)34(33)31(23)27;1-2-10-20-18-28-24(17-19(20)9-1)22-12-4-7-15-26(22)29-25-14-6-3-11-21(25)23-13-5-8-16-27(23)30(28)29;1-2-10-20-18-26-24(17-19(20)9-1)23-13-5-8-16-28(23)30-27-15-7-4-12-22(27)21-11-3-6-14-25(21)29(26)30;1-2-10-20-19(9-1)17-18-24-22-12-4-7-15-26(22)29-25-14-6-3-11-21(25)23-13-5-8-16-27(23)30(29)28(20)24;1-5-13-21-17(9-1)19-11-3-7-15-23(19)26-24-16-8-4-12-20(24)18-10-2-6-14-22(18)25(21)26/h1-20H;3*1-18H;1-16H. The van der Waals surface area contributed by atoms with Crippen LogP contribution in [0.2, 0.25) is 0 Å². The lowest BCUT2D eigenvalue weighted by atomic mass is 9.43. The third-order valence-electron chi connectivity index (χ3n) is 33.2. The molecule has 25 aromatic carbocycles. The molecule has 35 rings (SSSR count). The van der Waals surface area contributed by atoms with Gasteiger partial charge in [-0.15, -0.1) is 0 Å². The molecule has 0 aliphatic carbocycles. The van der Waals surface area contributed by atoms with Crippen LogP contribution in [0.5, 0.6) is 0 Å². The molecule has 10 heteroatoms. The highest BCUT2D eigenvalue weighted by molar-refractivity contribution is 6.96. The molecule has 0 N–H and O–H groups in total. The summed E-state index contributed by atoms with van der Waals surface area (Å²) in [5, 5.41) is 12.9. The van der Waals surface area contributed by atoms with Crippen molar-refractivity contribution in [1.29, 1.82) is 0 Å². The van der Waals surface area contributed by atoms with Crippen molar-refractivity contribution < 1.29 is 0 Å². The summed E-state index contributed by atoms with van der Waals surface area (Å²) in [5.41, 5.74) is 53.3. The molecule has 0 atom stereocenters. The average Bonchev–Trinajstić information content (AvgIpc) is 0.713. The lowest BCUT2D eigenvalue weighted by molar-refractivity contribution is 1.35. The average molecular weight is 1900 g/mol. The van der Waals surface area contributed by atoms with Crippen LogP contribution in [0.15, 0.2) is 546 Å². The van der Waals surface area contributed by atoms with Gasteiger partial charge in [0.15, 0.2) is 0 Å². The lowest BCUT2D eigenvalue weighted by Crippen LogP contribution is -2.59. The molecular weight excluding hydrogens is 1810 g/mol. The minimum Gasteiger partial charge on any atom is -0.376 e. The van der Waals surface area contributed by atoms with E-state index >= 15 is 0 Å². The molecular formula is C140H90B5N5. The Bertz CT molecular complexity index is 9370. The molecule has 25 aromatic rings. The van der Waals surface area contributed by atoms with Crippen LogP contribution in [-0.2, 0) is 0 Å². The van der Waals surface area contributed by atoms with Crippen molar-refractivity contribution in [1.82, 2.24) is 0 Å². The van der Waals surface area contributed by atoms with Crippen molar-refractivity contribution >= 4 is 200 Å². The largest absolute Gasteiger partial charge is 0.376 e. The normalized spacial score (nSPS) is 13.2. The van der Waals surface area contributed by atoms with Crippen molar-refractivity contribution in [3.63, 3.8) is 0 Å². The fourth-order valence-corrected chi connectivity index (χ4v) is 27.1. The molecule has 0 amide bonds. The zero-order valence-electron chi connectivity index (χ0n) is 82.1. The van der Waals surface area contributed by atoms with E-state index in [0.29, 0.717) is 0 Å². The monoisotopic (exact) mass is 1900 g/mol. The molecule has 0 saturated carbocycles. The van der Waals surface area contributed by atoms with Gasteiger partial charge < -0.3 is 24.1 Å². The van der Waals surface area contributed by atoms with Gasteiger partial charge in [-0.3, -0.25) is 0 Å².